The van der Waals surface area contributed by atoms with E-state index in [0.29, 0.717) is 44.1 Å². The van der Waals surface area contributed by atoms with Gasteiger partial charge in [-0.25, -0.2) is 13.4 Å². The average Bonchev–Trinajstić information content (AvgIpc) is 3.06. The van der Waals surface area contributed by atoms with E-state index in [0.717, 1.165) is 16.7 Å². The lowest BCUT2D eigenvalue weighted by molar-refractivity contribution is 0.170. The molecule has 0 N–H and O–H groups in total. The number of rotatable bonds is 4. The van der Waals surface area contributed by atoms with E-state index in [-0.39, 0.29) is 4.90 Å². The van der Waals surface area contributed by atoms with Crippen molar-refractivity contribution < 1.29 is 12.8 Å². The third-order valence-corrected chi connectivity index (χ3v) is 6.74. The Morgan fingerprint density at radius 3 is 2.56 bits per heavy atom. The van der Waals surface area contributed by atoms with Gasteiger partial charge in [-0.2, -0.15) is 4.31 Å². The molecule has 4 rings (SSSR count). The van der Waals surface area contributed by atoms with Gasteiger partial charge < -0.3 is 4.42 Å². The normalized spacial score (nSPS) is 16.8. The lowest BCUT2D eigenvalue weighted by atomic mass is 10.2. The van der Waals surface area contributed by atoms with Crippen LogP contribution in [0.5, 0.6) is 0 Å². The monoisotopic (exact) mass is 386 g/mol. The van der Waals surface area contributed by atoms with Gasteiger partial charge in [-0.1, -0.05) is 12.1 Å². The molecule has 1 saturated heterocycles. The van der Waals surface area contributed by atoms with Gasteiger partial charge in [-0.15, -0.1) is 0 Å². The minimum atomic E-state index is -3.59. The molecule has 1 aliphatic rings. The zero-order chi connectivity index (χ0) is 19.0. The first-order chi connectivity index (χ1) is 12.9. The predicted molar refractivity (Wildman–Crippen MR) is 102 cm³/mol. The number of aryl methyl sites for hydroxylation is 2. The van der Waals surface area contributed by atoms with Gasteiger partial charge in [0.05, 0.1) is 18.3 Å². The van der Waals surface area contributed by atoms with Crippen LogP contribution in [0.3, 0.4) is 0 Å². The average molecular weight is 386 g/mol. The summed E-state index contributed by atoms with van der Waals surface area (Å²) in [6, 6.07) is 7.27. The molecule has 27 heavy (non-hydrogen) atoms. The van der Waals surface area contributed by atoms with Gasteiger partial charge in [0.2, 0.25) is 10.0 Å². The maximum Gasteiger partial charge on any atom is 0.245 e. The predicted octanol–water partition coefficient (Wildman–Crippen LogP) is 2.35. The van der Waals surface area contributed by atoms with Crippen LogP contribution < -0.4 is 0 Å². The van der Waals surface area contributed by atoms with Crippen molar-refractivity contribution in [1.29, 1.82) is 0 Å². The van der Waals surface area contributed by atoms with Gasteiger partial charge >= 0.3 is 0 Å². The van der Waals surface area contributed by atoms with E-state index in [4.69, 9.17) is 4.42 Å². The number of oxazole rings is 1. The highest BCUT2D eigenvalue weighted by Crippen LogP contribution is 2.25. The van der Waals surface area contributed by atoms with Crippen LogP contribution in [-0.2, 0) is 16.6 Å². The number of piperazine rings is 1. The fourth-order valence-electron chi connectivity index (χ4n) is 3.42. The Morgan fingerprint density at radius 2 is 1.85 bits per heavy atom. The molecule has 1 aromatic carbocycles. The van der Waals surface area contributed by atoms with E-state index >= 15 is 0 Å². The van der Waals surface area contributed by atoms with Gasteiger partial charge in [0.1, 0.15) is 10.7 Å². The summed E-state index contributed by atoms with van der Waals surface area (Å²) in [5.74, 6) is 1.45. The summed E-state index contributed by atoms with van der Waals surface area (Å²) in [7, 11) is -3.59. The molecular formula is C19H22N4O3S. The number of aromatic nitrogens is 2. The number of hydrogen-bond donors (Lipinski definition) is 0. The molecule has 0 atom stereocenters. The van der Waals surface area contributed by atoms with E-state index in [1.165, 1.54) is 0 Å². The smallest absolute Gasteiger partial charge is 0.245 e. The van der Waals surface area contributed by atoms with Crippen LogP contribution in [0.4, 0.5) is 0 Å². The largest absolute Gasteiger partial charge is 0.445 e. The molecule has 142 valence electrons. The summed E-state index contributed by atoms with van der Waals surface area (Å²) >= 11 is 0. The summed E-state index contributed by atoms with van der Waals surface area (Å²) in [4.78, 5) is 10.9. The molecule has 7 nitrogen and oxygen atoms in total. The molecule has 0 radical (unpaired) electrons. The third kappa shape index (κ3) is 3.60. The lowest BCUT2D eigenvalue weighted by Crippen LogP contribution is -2.48. The molecule has 0 aliphatic carbocycles. The molecular weight excluding hydrogens is 364 g/mol. The molecule has 3 aromatic rings. The van der Waals surface area contributed by atoms with Crippen LogP contribution in [0.25, 0.3) is 10.9 Å². The van der Waals surface area contributed by atoms with Crippen molar-refractivity contribution in [3.05, 3.63) is 53.9 Å². The molecule has 0 bridgehead atoms. The van der Waals surface area contributed by atoms with E-state index in [1.807, 2.05) is 26.0 Å². The second-order valence-corrected chi connectivity index (χ2v) is 8.77. The summed E-state index contributed by atoms with van der Waals surface area (Å²) in [6.07, 6.45) is 3.43. The van der Waals surface area contributed by atoms with Crippen LogP contribution in [0.2, 0.25) is 0 Å². The Balaban J connectivity index is 1.52. The van der Waals surface area contributed by atoms with Crippen molar-refractivity contribution in [3.63, 3.8) is 0 Å². The minimum Gasteiger partial charge on any atom is -0.445 e. The quantitative estimate of drug-likeness (QED) is 0.685. The van der Waals surface area contributed by atoms with Crippen LogP contribution in [0, 0.1) is 13.8 Å². The third-order valence-electron chi connectivity index (χ3n) is 4.81. The Hall–Kier alpha value is -2.29. The minimum absolute atomic E-state index is 0.277. The van der Waals surface area contributed by atoms with E-state index in [9.17, 15) is 8.42 Å². The molecule has 1 aliphatic heterocycles. The van der Waals surface area contributed by atoms with Crippen molar-refractivity contribution in [3.8, 4) is 0 Å². The molecule has 8 heteroatoms. The lowest BCUT2D eigenvalue weighted by Gasteiger charge is -2.33. The zero-order valence-corrected chi connectivity index (χ0v) is 16.2. The van der Waals surface area contributed by atoms with Crippen LogP contribution in [-0.4, -0.2) is 53.8 Å². The summed E-state index contributed by atoms with van der Waals surface area (Å²) in [6.45, 7) is 6.59. The molecule has 0 unspecified atom stereocenters. The van der Waals surface area contributed by atoms with Gasteiger partial charge in [-0.05, 0) is 24.6 Å². The van der Waals surface area contributed by atoms with Crippen LogP contribution in [0.15, 0.2) is 46.0 Å². The molecule has 0 spiro atoms. The van der Waals surface area contributed by atoms with Crippen molar-refractivity contribution in [2.24, 2.45) is 0 Å². The van der Waals surface area contributed by atoms with Crippen molar-refractivity contribution >= 4 is 20.9 Å². The SMILES string of the molecule is Cc1cnc2c(S(=O)(=O)N3CCN(Cc4cnc(C)o4)CC3)cccc2c1. The molecule has 3 heterocycles. The van der Waals surface area contributed by atoms with E-state index in [1.54, 1.807) is 28.8 Å². The molecule has 0 saturated carbocycles. The zero-order valence-electron chi connectivity index (χ0n) is 15.4. The number of nitrogens with zero attached hydrogens (tertiary/aromatic N) is 4. The second-order valence-electron chi connectivity index (χ2n) is 6.87. The molecule has 1 fully saturated rings. The summed E-state index contributed by atoms with van der Waals surface area (Å²) in [5, 5.41) is 0.843. The maximum absolute atomic E-state index is 13.2. The maximum atomic E-state index is 13.2. The van der Waals surface area contributed by atoms with Gasteiger partial charge in [0.15, 0.2) is 5.89 Å². The number of pyridine rings is 1. The van der Waals surface area contributed by atoms with Gasteiger partial charge in [0.25, 0.3) is 0 Å². The van der Waals surface area contributed by atoms with Gasteiger partial charge in [-0.3, -0.25) is 9.88 Å². The molecule has 2 aromatic heterocycles. The number of para-hydroxylation sites is 1. The highest BCUT2D eigenvalue weighted by molar-refractivity contribution is 7.89. The highest BCUT2D eigenvalue weighted by Gasteiger charge is 2.30. The highest BCUT2D eigenvalue weighted by atomic mass is 32.2. The first-order valence-electron chi connectivity index (χ1n) is 8.93. The van der Waals surface area contributed by atoms with E-state index < -0.39 is 10.0 Å². The summed E-state index contributed by atoms with van der Waals surface area (Å²) in [5.41, 5.74) is 1.54. The fraction of sp³-hybridized carbons (Fsp3) is 0.368. The Labute approximate surface area is 158 Å². The van der Waals surface area contributed by atoms with Crippen LogP contribution >= 0.6 is 0 Å². The van der Waals surface area contributed by atoms with Crippen molar-refractivity contribution in [2.45, 2.75) is 25.3 Å². The Morgan fingerprint density at radius 1 is 1.07 bits per heavy atom. The van der Waals surface area contributed by atoms with Crippen LogP contribution in [0.1, 0.15) is 17.2 Å². The van der Waals surface area contributed by atoms with Crippen molar-refractivity contribution in [1.82, 2.24) is 19.2 Å². The van der Waals surface area contributed by atoms with E-state index in [2.05, 4.69) is 14.9 Å². The Kier molecular flexibility index (Phi) is 4.71. The summed E-state index contributed by atoms with van der Waals surface area (Å²) < 4.78 is 33.4. The Bertz CT molecular complexity index is 1070. The van der Waals surface area contributed by atoms with Crippen molar-refractivity contribution in [2.75, 3.05) is 26.2 Å². The topological polar surface area (TPSA) is 79.5 Å². The standard InChI is InChI=1S/C19H22N4O3S/c1-14-10-16-4-3-5-18(19(16)21-11-14)27(24,25)23-8-6-22(7-9-23)13-17-12-20-15(2)26-17/h3-5,10-12H,6-9,13H2,1-2H3. The fourth-order valence-corrected chi connectivity index (χ4v) is 5.00. The van der Waals surface area contributed by atoms with Gasteiger partial charge in [0, 0.05) is 44.7 Å². The number of hydrogen-bond acceptors (Lipinski definition) is 6. The second kappa shape index (κ2) is 7.03. The number of benzene rings is 1. The first kappa shape index (κ1) is 18.1. The number of sulfonamides is 1. The molecule has 0 amide bonds. The first-order valence-corrected chi connectivity index (χ1v) is 10.4. The number of fused-ring (bicyclic) bond motifs is 1.